The van der Waals surface area contributed by atoms with E-state index in [9.17, 15) is 0 Å². The molecule has 1 atom stereocenters. The van der Waals surface area contributed by atoms with Crippen molar-refractivity contribution < 1.29 is 4.42 Å². The fourth-order valence-electron chi connectivity index (χ4n) is 3.81. The van der Waals surface area contributed by atoms with Crippen molar-refractivity contribution in [3.8, 4) is 0 Å². The summed E-state index contributed by atoms with van der Waals surface area (Å²) in [6, 6.07) is 15.8. The van der Waals surface area contributed by atoms with E-state index in [-0.39, 0.29) is 5.41 Å². The second kappa shape index (κ2) is 6.30. The van der Waals surface area contributed by atoms with Gasteiger partial charge in [0.25, 0.3) is 0 Å². The van der Waals surface area contributed by atoms with Crippen LogP contribution in [0.3, 0.4) is 0 Å². The molecule has 1 fully saturated rings. The minimum Gasteiger partial charge on any atom is -0.444 e. The van der Waals surface area contributed by atoms with E-state index in [0.29, 0.717) is 6.04 Å². The molecule has 1 saturated heterocycles. The lowest BCUT2D eigenvalue weighted by atomic mass is 9.94. The van der Waals surface area contributed by atoms with E-state index in [1.54, 1.807) is 0 Å². The summed E-state index contributed by atoms with van der Waals surface area (Å²) in [5, 5.41) is 2.68. The second-order valence-corrected chi connectivity index (χ2v) is 8.07. The highest BCUT2D eigenvalue weighted by molar-refractivity contribution is 5.86. The molecular formula is C22H26N2O. The quantitative estimate of drug-likeness (QED) is 0.636. The predicted molar refractivity (Wildman–Crippen MR) is 102 cm³/mol. The van der Waals surface area contributed by atoms with E-state index in [1.165, 1.54) is 29.2 Å². The number of oxazole rings is 1. The van der Waals surface area contributed by atoms with Crippen molar-refractivity contribution >= 4 is 10.8 Å². The molecule has 4 rings (SSSR count). The molecule has 25 heavy (non-hydrogen) atoms. The highest BCUT2D eigenvalue weighted by Crippen LogP contribution is 2.37. The molecule has 1 aromatic heterocycles. The maximum atomic E-state index is 6.03. The molecule has 2 heterocycles. The third-order valence-corrected chi connectivity index (χ3v) is 5.18. The van der Waals surface area contributed by atoms with Crippen LogP contribution < -0.4 is 0 Å². The third-order valence-electron chi connectivity index (χ3n) is 5.18. The van der Waals surface area contributed by atoms with E-state index in [1.807, 2.05) is 6.20 Å². The lowest BCUT2D eigenvalue weighted by molar-refractivity contribution is 0.219. The van der Waals surface area contributed by atoms with Crippen LogP contribution in [0.4, 0.5) is 0 Å². The Hall–Kier alpha value is -2.13. The Labute approximate surface area is 149 Å². The number of nitrogens with zero attached hydrogens (tertiary/aromatic N) is 2. The summed E-state index contributed by atoms with van der Waals surface area (Å²) in [6.45, 7) is 8.36. The van der Waals surface area contributed by atoms with Gasteiger partial charge >= 0.3 is 0 Å². The van der Waals surface area contributed by atoms with E-state index in [2.05, 4.69) is 73.1 Å². The van der Waals surface area contributed by atoms with Crippen LogP contribution in [0, 0.1) is 0 Å². The fraction of sp³-hybridized carbons (Fsp3) is 0.409. The molecule has 3 aromatic rings. The number of hydrogen-bond donors (Lipinski definition) is 0. The first-order valence-corrected chi connectivity index (χ1v) is 9.19. The summed E-state index contributed by atoms with van der Waals surface area (Å²) in [5.41, 5.74) is 1.43. The minimum absolute atomic E-state index is 0.00525. The molecule has 0 saturated carbocycles. The lowest BCUT2D eigenvalue weighted by Crippen LogP contribution is -2.23. The molecular weight excluding hydrogens is 308 g/mol. The highest BCUT2D eigenvalue weighted by atomic mass is 16.4. The zero-order valence-corrected chi connectivity index (χ0v) is 15.3. The molecule has 3 nitrogen and oxygen atoms in total. The molecule has 1 aliphatic rings. The number of aromatic nitrogens is 1. The highest BCUT2D eigenvalue weighted by Gasteiger charge is 2.29. The summed E-state index contributed by atoms with van der Waals surface area (Å²) in [7, 11) is 0. The number of hydrogen-bond acceptors (Lipinski definition) is 3. The van der Waals surface area contributed by atoms with Crippen LogP contribution in [0.5, 0.6) is 0 Å². The maximum absolute atomic E-state index is 6.03. The summed E-state index contributed by atoms with van der Waals surface area (Å²) in [5.74, 6) is 1.79. The Kier molecular flexibility index (Phi) is 4.12. The van der Waals surface area contributed by atoms with Gasteiger partial charge in [-0.25, -0.2) is 4.98 Å². The Morgan fingerprint density at radius 2 is 1.92 bits per heavy atom. The van der Waals surface area contributed by atoms with Crippen LogP contribution in [-0.4, -0.2) is 16.4 Å². The first kappa shape index (κ1) is 16.3. The Bertz CT molecular complexity index is 870. The van der Waals surface area contributed by atoms with Gasteiger partial charge in [0, 0.05) is 11.5 Å². The molecule has 0 N–H and O–H groups in total. The maximum Gasteiger partial charge on any atom is 0.208 e. The molecule has 130 valence electrons. The topological polar surface area (TPSA) is 29.3 Å². The van der Waals surface area contributed by atoms with Crippen LogP contribution in [0.2, 0.25) is 0 Å². The lowest BCUT2D eigenvalue weighted by Gasteiger charge is -2.24. The first-order chi connectivity index (χ1) is 12.0. The number of fused-ring (bicyclic) bond motifs is 1. The Morgan fingerprint density at radius 3 is 2.72 bits per heavy atom. The van der Waals surface area contributed by atoms with Crippen LogP contribution in [0.1, 0.15) is 56.9 Å². The number of rotatable bonds is 3. The largest absolute Gasteiger partial charge is 0.444 e. The molecule has 0 unspecified atom stereocenters. The van der Waals surface area contributed by atoms with E-state index < -0.39 is 0 Å². The van der Waals surface area contributed by atoms with Crippen LogP contribution in [0.25, 0.3) is 10.8 Å². The van der Waals surface area contributed by atoms with Crippen LogP contribution in [-0.2, 0) is 12.0 Å². The average molecular weight is 334 g/mol. The summed E-state index contributed by atoms with van der Waals surface area (Å²) in [6.07, 6.45) is 4.31. The van der Waals surface area contributed by atoms with E-state index >= 15 is 0 Å². The van der Waals surface area contributed by atoms with Crippen molar-refractivity contribution in [3.05, 3.63) is 65.9 Å². The molecule has 3 heteroatoms. The van der Waals surface area contributed by atoms with Gasteiger partial charge in [0.15, 0.2) is 0 Å². The molecule has 0 radical (unpaired) electrons. The van der Waals surface area contributed by atoms with Crippen molar-refractivity contribution in [3.63, 3.8) is 0 Å². The summed E-state index contributed by atoms with van der Waals surface area (Å²) in [4.78, 5) is 7.04. The molecule has 0 spiro atoms. The van der Waals surface area contributed by atoms with Crippen LogP contribution >= 0.6 is 0 Å². The fourth-order valence-corrected chi connectivity index (χ4v) is 3.81. The van der Waals surface area contributed by atoms with Gasteiger partial charge in [-0.2, -0.15) is 0 Å². The first-order valence-electron chi connectivity index (χ1n) is 9.19. The van der Waals surface area contributed by atoms with Crippen molar-refractivity contribution in [2.75, 3.05) is 6.54 Å². The van der Waals surface area contributed by atoms with Gasteiger partial charge in [-0.1, -0.05) is 63.2 Å². The minimum atomic E-state index is 0.00525. The van der Waals surface area contributed by atoms with Crippen molar-refractivity contribution in [1.82, 2.24) is 9.88 Å². The SMILES string of the molecule is CC(C)(C)c1cnc(CN2CCC[C@@H]2c2cccc3ccccc23)o1. The summed E-state index contributed by atoms with van der Waals surface area (Å²) >= 11 is 0. The Morgan fingerprint density at radius 1 is 1.12 bits per heavy atom. The van der Waals surface area contributed by atoms with Gasteiger partial charge in [-0.05, 0) is 35.7 Å². The predicted octanol–water partition coefficient (Wildman–Crippen LogP) is 5.46. The van der Waals surface area contributed by atoms with Crippen LogP contribution in [0.15, 0.2) is 53.1 Å². The molecule has 1 aliphatic heterocycles. The second-order valence-electron chi connectivity index (χ2n) is 8.07. The van der Waals surface area contributed by atoms with Gasteiger partial charge < -0.3 is 4.42 Å². The van der Waals surface area contributed by atoms with E-state index in [4.69, 9.17) is 4.42 Å². The average Bonchev–Trinajstić information content (AvgIpc) is 3.24. The zero-order chi connectivity index (χ0) is 17.4. The third kappa shape index (κ3) is 3.21. The van der Waals surface area contributed by atoms with Gasteiger partial charge in [0.1, 0.15) is 5.76 Å². The van der Waals surface area contributed by atoms with E-state index in [0.717, 1.165) is 24.7 Å². The van der Waals surface area contributed by atoms with Gasteiger partial charge in [-0.15, -0.1) is 0 Å². The van der Waals surface area contributed by atoms with Gasteiger partial charge in [0.2, 0.25) is 5.89 Å². The number of likely N-dealkylation sites (tertiary alicyclic amines) is 1. The van der Waals surface area contributed by atoms with Crippen molar-refractivity contribution in [1.29, 1.82) is 0 Å². The number of benzene rings is 2. The molecule has 0 amide bonds. The zero-order valence-electron chi connectivity index (χ0n) is 15.3. The van der Waals surface area contributed by atoms with Gasteiger partial charge in [0.05, 0.1) is 12.7 Å². The normalized spacial score (nSPS) is 18.9. The van der Waals surface area contributed by atoms with Gasteiger partial charge in [-0.3, -0.25) is 4.90 Å². The molecule has 0 aliphatic carbocycles. The van der Waals surface area contributed by atoms with Crippen molar-refractivity contribution in [2.24, 2.45) is 0 Å². The standard InChI is InChI=1S/C22H26N2O/c1-22(2,3)20-14-23-21(25-20)15-24-13-7-12-19(24)18-11-6-9-16-8-4-5-10-17(16)18/h4-6,8-11,14,19H,7,12-13,15H2,1-3H3/t19-/m1/s1. The molecule has 0 bridgehead atoms. The van der Waals surface area contributed by atoms with Crippen molar-refractivity contribution in [2.45, 2.75) is 51.6 Å². The molecule has 2 aromatic carbocycles. The Balaban J connectivity index is 1.61. The smallest absolute Gasteiger partial charge is 0.208 e. The summed E-state index contributed by atoms with van der Waals surface area (Å²) < 4.78 is 6.03. The monoisotopic (exact) mass is 334 g/mol.